The fourth-order valence-electron chi connectivity index (χ4n) is 3.48. The number of likely N-dealkylation sites (N-methyl/N-ethyl adjacent to an activating group) is 1. The van der Waals surface area contributed by atoms with Crippen molar-refractivity contribution in [3.63, 3.8) is 0 Å². The third-order valence-corrected chi connectivity index (χ3v) is 5.24. The van der Waals surface area contributed by atoms with Gasteiger partial charge in [-0.05, 0) is 44.8 Å². The number of amides is 1. The molecule has 0 bridgehead atoms. The van der Waals surface area contributed by atoms with E-state index >= 15 is 0 Å². The van der Waals surface area contributed by atoms with Gasteiger partial charge in [-0.1, -0.05) is 19.1 Å². The first kappa shape index (κ1) is 21.2. The van der Waals surface area contributed by atoms with Crippen LogP contribution in [0.3, 0.4) is 0 Å². The number of nitrogens with zero attached hydrogens (tertiary/aromatic N) is 3. The smallest absolute Gasteiger partial charge is 0.259 e. The van der Waals surface area contributed by atoms with Gasteiger partial charge in [-0.2, -0.15) is 0 Å². The predicted octanol–water partition coefficient (Wildman–Crippen LogP) is 2.67. The number of fused-ring (bicyclic) bond motifs is 1. The van der Waals surface area contributed by atoms with Crippen LogP contribution in [0.15, 0.2) is 36.5 Å². The van der Waals surface area contributed by atoms with E-state index < -0.39 is 0 Å². The molecule has 0 saturated heterocycles. The maximum atomic E-state index is 13.3. The minimum absolute atomic E-state index is 0.0575. The van der Waals surface area contributed by atoms with Crippen LogP contribution in [0.25, 0.3) is 11.1 Å². The van der Waals surface area contributed by atoms with E-state index in [4.69, 9.17) is 4.74 Å². The first-order valence-corrected chi connectivity index (χ1v) is 9.79. The van der Waals surface area contributed by atoms with Crippen LogP contribution in [0.5, 0.6) is 5.88 Å². The Hall–Kier alpha value is -2.51. The van der Waals surface area contributed by atoms with E-state index in [0.717, 1.165) is 5.56 Å². The fourth-order valence-corrected chi connectivity index (χ4v) is 3.48. The first-order valence-electron chi connectivity index (χ1n) is 9.79. The van der Waals surface area contributed by atoms with Gasteiger partial charge in [-0.25, -0.2) is 9.37 Å². The van der Waals surface area contributed by atoms with Crippen molar-refractivity contribution in [2.75, 3.05) is 33.8 Å². The van der Waals surface area contributed by atoms with Gasteiger partial charge in [0.1, 0.15) is 17.5 Å². The molecule has 2 heterocycles. The van der Waals surface area contributed by atoms with Gasteiger partial charge in [0.15, 0.2) is 0 Å². The molecule has 1 aromatic carbocycles. The molecule has 2 aromatic rings. The van der Waals surface area contributed by atoms with Gasteiger partial charge in [-0.15, -0.1) is 0 Å². The van der Waals surface area contributed by atoms with E-state index in [1.54, 1.807) is 29.3 Å². The van der Waals surface area contributed by atoms with Crippen molar-refractivity contribution in [2.45, 2.75) is 26.0 Å². The second-order valence-electron chi connectivity index (χ2n) is 7.97. The lowest BCUT2D eigenvalue weighted by molar-refractivity contribution is 0.0348. The van der Waals surface area contributed by atoms with Gasteiger partial charge in [0.05, 0.1) is 12.6 Å². The molecule has 1 aliphatic rings. The van der Waals surface area contributed by atoms with Crippen molar-refractivity contribution in [1.82, 2.24) is 14.8 Å². The summed E-state index contributed by atoms with van der Waals surface area (Å²) in [7, 11) is 3.94. The van der Waals surface area contributed by atoms with E-state index in [1.807, 2.05) is 32.8 Å². The van der Waals surface area contributed by atoms with Crippen molar-refractivity contribution >= 4 is 5.91 Å². The third kappa shape index (κ3) is 4.74. The number of rotatable bonds is 5. The second-order valence-corrected chi connectivity index (χ2v) is 7.97. The summed E-state index contributed by atoms with van der Waals surface area (Å²) in [5, 5.41) is 9.69. The largest absolute Gasteiger partial charge is 0.472 e. The first-order chi connectivity index (χ1) is 13.8. The highest BCUT2D eigenvalue weighted by molar-refractivity contribution is 5.98. The Bertz CT molecular complexity index is 857. The Balaban J connectivity index is 2.06. The molecule has 29 heavy (non-hydrogen) atoms. The van der Waals surface area contributed by atoms with Crippen molar-refractivity contribution < 1.29 is 19.0 Å². The Morgan fingerprint density at radius 2 is 2.00 bits per heavy atom. The summed E-state index contributed by atoms with van der Waals surface area (Å²) < 4.78 is 19.5. The van der Waals surface area contributed by atoms with E-state index in [-0.39, 0.29) is 42.3 Å². The molecule has 0 aliphatic carbocycles. The van der Waals surface area contributed by atoms with Gasteiger partial charge >= 0.3 is 0 Å². The molecule has 1 N–H and O–H groups in total. The number of carbonyl (C=O) groups excluding carboxylic acids is 1. The maximum Gasteiger partial charge on any atom is 0.259 e. The topological polar surface area (TPSA) is 65.9 Å². The molecule has 0 fully saturated rings. The van der Waals surface area contributed by atoms with Gasteiger partial charge in [0, 0.05) is 30.8 Å². The summed E-state index contributed by atoms with van der Waals surface area (Å²) in [5.41, 5.74) is 1.81. The normalized spacial score (nSPS) is 20.7. The molecule has 1 aromatic heterocycles. The number of aliphatic hydroxyl groups excluding tert-OH is 1. The molecule has 0 saturated carbocycles. The van der Waals surface area contributed by atoms with Crippen LogP contribution in [0.4, 0.5) is 4.39 Å². The standard InChI is InChI=1S/C22H28FN3O3/c1-14-11-26(15(2)13-27)22(28)19-9-17(16-5-7-18(23)8-6-16)10-24-21(19)29-20(14)12-25(3)4/h5-10,14-15,20,27H,11-13H2,1-4H3/t14-,15+,20-/m0/s1. The highest BCUT2D eigenvalue weighted by atomic mass is 19.1. The number of halogens is 1. The minimum atomic E-state index is -0.328. The summed E-state index contributed by atoms with van der Waals surface area (Å²) in [6.45, 7) is 4.89. The highest BCUT2D eigenvalue weighted by Gasteiger charge is 2.33. The molecule has 3 atom stereocenters. The quantitative estimate of drug-likeness (QED) is 0.835. The van der Waals surface area contributed by atoms with Crippen LogP contribution in [0, 0.1) is 11.7 Å². The lowest BCUT2D eigenvalue weighted by Gasteiger charge is -2.37. The molecule has 1 amide bonds. The minimum Gasteiger partial charge on any atom is -0.472 e. The van der Waals surface area contributed by atoms with Crippen LogP contribution in [-0.4, -0.2) is 71.7 Å². The fraction of sp³-hybridized carbons (Fsp3) is 0.455. The van der Waals surface area contributed by atoms with Crippen molar-refractivity contribution in [3.8, 4) is 17.0 Å². The Morgan fingerprint density at radius 1 is 1.31 bits per heavy atom. The van der Waals surface area contributed by atoms with Crippen molar-refractivity contribution in [2.24, 2.45) is 5.92 Å². The number of aromatic nitrogens is 1. The maximum absolute atomic E-state index is 13.3. The molecule has 0 radical (unpaired) electrons. The zero-order chi connectivity index (χ0) is 21.1. The van der Waals surface area contributed by atoms with Crippen molar-refractivity contribution in [3.05, 3.63) is 47.9 Å². The lowest BCUT2D eigenvalue weighted by atomic mass is 9.99. The molecular formula is C22H28FN3O3. The van der Waals surface area contributed by atoms with Gasteiger partial charge in [0.2, 0.25) is 5.88 Å². The summed E-state index contributed by atoms with van der Waals surface area (Å²) in [5.74, 6) is -0.208. The average Bonchev–Trinajstić information content (AvgIpc) is 2.70. The van der Waals surface area contributed by atoms with E-state index in [1.165, 1.54) is 12.1 Å². The highest BCUT2D eigenvalue weighted by Crippen LogP contribution is 2.30. The molecule has 3 rings (SSSR count). The van der Waals surface area contributed by atoms with Gasteiger partial charge in [-0.3, -0.25) is 4.79 Å². The Labute approximate surface area is 170 Å². The van der Waals surface area contributed by atoms with Crippen LogP contribution in [-0.2, 0) is 0 Å². The van der Waals surface area contributed by atoms with Crippen LogP contribution in [0.1, 0.15) is 24.2 Å². The van der Waals surface area contributed by atoms with Gasteiger partial charge < -0.3 is 19.6 Å². The molecule has 1 aliphatic heterocycles. The predicted molar refractivity (Wildman–Crippen MR) is 109 cm³/mol. The monoisotopic (exact) mass is 401 g/mol. The number of pyridine rings is 1. The summed E-state index contributed by atoms with van der Waals surface area (Å²) in [4.78, 5) is 21.5. The van der Waals surface area contributed by atoms with E-state index in [2.05, 4.69) is 4.98 Å². The number of aliphatic hydroxyl groups is 1. The number of hydrogen-bond acceptors (Lipinski definition) is 5. The van der Waals surface area contributed by atoms with E-state index in [0.29, 0.717) is 24.2 Å². The van der Waals surface area contributed by atoms with Crippen LogP contribution in [0.2, 0.25) is 0 Å². The summed E-state index contributed by atoms with van der Waals surface area (Å²) in [6, 6.07) is 7.46. The average molecular weight is 401 g/mol. The Kier molecular flexibility index (Phi) is 6.49. The van der Waals surface area contributed by atoms with Crippen LogP contribution >= 0.6 is 0 Å². The molecular weight excluding hydrogens is 373 g/mol. The number of carbonyl (C=O) groups is 1. The zero-order valence-corrected chi connectivity index (χ0v) is 17.3. The zero-order valence-electron chi connectivity index (χ0n) is 17.3. The molecule has 0 unspecified atom stereocenters. The molecule has 6 nitrogen and oxygen atoms in total. The summed E-state index contributed by atoms with van der Waals surface area (Å²) >= 11 is 0. The molecule has 7 heteroatoms. The molecule has 0 spiro atoms. The second kappa shape index (κ2) is 8.88. The SMILES string of the molecule is C[C@H](CO)N1C[C@H](C)[C@H](CN(C)C)Oc2ncc(-c3ccc(F)cc3)cc2C1=O. The molecule has 156 valence electrons. The number of benzene rings is 1. The van der Waals surface area contributed by atoms with Crippen LogP contribution < -0.4 is 4.74 Å². The Morgan fingerprint density at radius 3 is 2.62 bits per heavy atom. The number of ether oxygens (including phenoxy) is 1. The lowest BCUT2D eigenvalue weighted by Crippen LogP contribution is -2.49. The van der Waals surface area contributed by atoms with E-state index in [9.17, 15) is 14.3 Å². The van der Waals surface area contributed by atoms with Crippen molar-refractivity contribution in [1.29, 1.82) is 0 Å². The summed E-state index contributed by atoms with van der Waals surface area (Å²) in [6.07, 6.45) is 1.48. The third-order valence-electron chi connectivity index (χ3n) is 5.24. The van der Waals surface area contributed by atoms with Gasteiger partial charge in [0.25, 0.3) is 5.91 Å². The number of hydrogen-bond donors (Lipinski definition) is 1.